The fraction of sp³-hybridized carbons (Fsp3) is 1.00. The lowest BCUT2D eigenvalue weighted by atomic mass is 9.88. The van der Waals surface area contributed by atoms with Crippen molar-refractivity contribution in [3.05, 3.63) is 0 Å². The molecule has 11 heavy (non-hydrogen) atoms. The first-order chi connectivity index (χ1) is 5.12. The van der Waals surface area contributed by atoms with Gasteiger partial charge in [-0.3, -0.25) is 5.84 Å². The van der Waals surface area contributed by atoms with E-state index in [0.29, 0.717) is 12.1 Å². The molecule has 0 heterocycles. The van der Waals surface area contributed by atoms with Crippen LogP contribution in [0.4, 0.5) is 0 Å². The van der Waals surface area contributed by atoms with Crippen molar-refractivity contribution < 1.29 is 0 Å². The summed E-state index contributed by atoms with van der Waals surface area (Å²) in [5, 5.41) is 3.22. The van der Waals surface area contributed by atoms with Crippen molar-refractivity contribution in [2.24, 2.45) is 11.3 Å². The van der Waals surface area contributed by atoms with Gasteiger partial charge in [-0.15, -0.1) is 0 Å². The molecule has 0 aliphatic rings. The van der Waals surface area contributed by atoms with E-state index in [9.17, 15) is 0 Å². The fourth-order valence-electron chi connectivity index (χ4n) is 1.24. The molecule has 0 spiro atoms. The summed E-state index contributed by atoms with van der Waals surface area (Å²) in [5.41, 5.74) is 2.97. The summed E-state index contributed by atoms with van der Waals surface area (Å²) < 4.78 is 0. The third-order valence-corrected chi connectivity index (χ3v) is 1.76. The van der Waals surface area contributed by atoms with Gasteiger partial charge in [-0.2, -0.15) is 0 Å². The van der Waals surface area contributed by atoms with Crippen molar-refractivity contribution in [3.8, 4) is 0 Å². The largest absolute Gasteiger partial charge is 0.303 e. The summed E-state index contributed by atoms with van der Waals surface area (Å²) in [7, 11) is 0. The highest BCUT2D eigenvalue weighted by molar-refractivity contribution is 4.69. The van der Waals surface area contributed by atoms with Gasteiger partial charge in [0.05, 0.1) is 6.67 Å². The van der Waals surface area contributed by atoms with E-state index in [4.69, 9.17) is 5.84 Å². The van der Waals surface area contributed by atoms with Crippen LogP contribution in [-0.4, -0.2) is 13.2 Å². The predicted octanol–water partition coefficient (Wildman–Crippen LogP) is 0.823. The van der Waals surface area contributed by atoms with Crippen LogP contribution in [0.25, 0.3) is 0 Å². The molecule has 0 aliphatic heterocycles. The molecule has 0 rings (SSSR count). The summed E-state index contributed by atoms with van der Waals surface area (Å²) in [5.74, 6) is 5.12. The molecule has 0 atom stereocenters. The first-order valence-corrected chi connectivity index (χ1v) is 4.26. The molecule has 0 bridgehead atoms. The Kier molecular flexibility index (Phi) is 5.46. The van der Waals surface area contributed by atoms with Crippen LogP contribution in [0.2, 0.25) is 0 Å². The number of nitrogens with two attached hydrogens (primary N) is 1. The Balaban J connectivity index is 3.38. The van der Waals surface area contributed by atoms with Gasteiger partial charge in [0.15, 0.2) is 0 Å². The zero-order valence-electron chi connectivity index (χ0n) is 7.91. The number of nitrogens with one attached hydrogen (secondary N) is 2. The number of hydrazine groups is 1. The Morgan fingerprint density at radius 2 is 2.00 bits per heavy atom. The first-order valence-electron chi connectivity index (χ1n) is 4.26. The van der Waals surface area contributed by atoms with Crippen molar-refractivity contribution in [2.45, 2.75) is 33.6 Å². The molecule has 0 aliphatic carbocycles. The minimum absolute atomic E-state index is 0.394. The van der Waals surface area contributed by atoms with Crippen molar-refractivity contribution in [2.75, 3.05) is 13.2 Å². The molecule has 3 nitrogen and oxygen atoms in total. The third kappa shape index (κ3) is 6.28. The standard InChI is InChI=1S/C8H21N3/c1-4-5-8(2,3)6-10-7-11-9/h10-11H,4-7,9H2,1-3H3. The number of hydrogen-bond acceptors (Lipinski definition) is 3. The van der Waals surface area contributed by atoms with E-state index in [1.807, 2.05) is 0 Å². The van der Waals surface area contributed by atoms with E-state index < -0.39 is 0 Å². The van der Waals surface area contributed by atoms with E-state index in [1.165, 1.54) is 12.8 Å². The van der Waals surface area contributed by atoms with Crippen LogP contribution >= 0.6 is 0 Å². The molecule has 0 aromatic rings. The smallest absolute Gasteiger partial charge is 0.0587 e. The zero-order valence-corrected chi connectivity index (χ0v) is 7.91. The van der Waals surface area contributed by atoms with E-state index in [-0.39, 0.29) is 0 Å². The highest BCUT2D eigenvalue weighted by Gasteiger charge is 2.14. The Morgan fingerprint density at radius 3 is 2.45 bits per heavy atom. The normalized spacial score (nSPS) is 12.0. The van der Waals surface area contributed by atoms with Crippen molar-refractivity contribution in [1.82, 2.24) is 10.7 Å². The van der Waals surface area contributed by atoms with Gasteiger partial charge in [0.1, 0.15) is 0 Å². The molecule has 0 radical (unpaired) electrons. The molecule has 3 heteroatoms. The van der Waals surface area contributed by atoms with Crippen LogP contribution in [0.5, 0.6) is 0 Å². The summed E-state index contributed by atoms with van der Waals surface area (Å²) in [6, 6.07) is 0. The molecule has 0 saturated carbocycles. The monoisotopic (exact) mass is 159 g/mol. The maximum atomic E-state index is 5.12. The minimum Gasteiger partial charge on any atom is -0.303 e. The van der Waals surface area contributed by atoms with Crippen LogP contribution in [0.15, 0.2) is 0 Å². The molecule has 0 aromatic carbocycles. The fourth-order valence-corrected chi connectivity index (χ4v) is 1.24. The molecule has 4 N–H and O–H groups in total. The average molecular weight is 159 g/mol. The number of hydrogen-bond donors (Lipinski definition) is 3. The summed E-state index contributed by atoms with van der Waals surface area (Å²) >= 11 is 0. The molecule has 0 aromatic heterocycles. The Hall–Kier alpha value is -0.120. The lowest BCUT2D eigenvalue weighted by Gasteiger charge is -2.24. The second kappa shape index (κ2) is 5.52. The van der Waals surface area contributed by atoms with E-state index in [1.54, 1.807) is 0 Å². The van der Waals surface area contributed by atoms with Gasteiger partial charge in [-0.1, -0.05) is 27.2 Å². The Morgan fingerprint density at radius 1 is 1.36 bits per heavy atom. The molecule has 68 valence electrons. The maximum Gasteiger partial charge on any atom is 0.0587 e. The molecule has 0 unspecified atom stereocenters. The van der Waals surface area contributed by atoms with Gasteiger partial charge in [-0.25, -0.2) is 5.43 Å². The first kappa shape index (κ1) is 10.9. The van der Waals surface area contributed by atoms with Crippen LogP contribution in [0.3, 0.4) is 0 Å². The lowest BCUT2D eigenvalue weighted by Crippen LogP contribution is -2.38. The van der Waals surface area contributed by atoms with E-state index >= 15 is 0 Å². The van der Waals surface area contributed by atoms with Gasteiger partial charge in [-0.05, 0) is 11.8 Å². The van der Waals surface area contributed by atoms with Crippen LogP contribution in [-0.2, 0) is 0 Å². The van der Waals surface area contributed by atoms with Crippen molar-refractivity contribution in [3.63, 3.8) is 0 Å². The van der Waals surface area contributed by atoms with E-state index in [2.05, 4.69) is 31.5 Å². The molecule has 0 saturated heterocycles. The quantitative estimate of drug-likeness (QED) is 0.233. The highest BCUT2D eigenvalue weighted by Crippen LogP contribution is 2.20. The third-order valence-electron chi connectivity index (χ3n) is 1.76. The van der Waals surface area contributed by atoms with Crippen LogP contribution in [0, 0.1) is 5.41 Å². The molecular weight excluding hydrogens is 138 g/mol. The Labute approximate surface area is 69.7 Å². The van der Waals surface area contributed by atoms with Crippen molar-refractivity contribution in [1.29, 1.82) is 0 Å². The van der Waals surface area contributed by atoms with Crippen molar-refractivity contribution >= 4 is 0 Å². The summed E-state index contributed by atoms with van der Waals surface area (Å²) in [4.78, 5) is 0. The highest BCUT2D eigenvalue weighted by atomic mass is 15.3. The van der Waals surface area contributed by atoms with Gasteiger partial charge in [0.2, 0.25) is 0 Å². The van der Waals surface area contributed by atoms with Gasteiger partial charge in [0, 0.05) is 6.54 Å². The second-order valence-electron chi connectivity index (χ2n) is 3.72. The van der Waals surface area contributed by atoms with Gasteiger partial charge in [0.25, 0.3) is 0 Å². The van der Waals surface area contributed by atoms with E-state index in [0.717, 1.165) is 6.54 Å². The molecular formula is C8H21N3. The predicted molar refractivity (Wildman–Crippen MR) is 48.9 cm³/mol. The molecule has 0 amide bonds. The number of rotatable bonds is 6. The van der Waals surface area contributed by atoms with Crippen LogP contribution in [0.1, 0.15) is 33.6 Å². The average Bonchev–Trinajstić information content (AvgIpc) is 1.87. The lowest BCUT2D eigenvalue weighted by molar-refractivity contribution is 0.308. The van der Waals surface area contributed by atoms with Gasteiger partial charge >= 0.3 is 0 Å². The second-order valence-corrected chi connectivity index (χ2v) is 3.72. The summed E-state index contributed by atoms with van der Waals surface area (Å²) in [6.45, 7) is 8.45. The minimum atomic E-state index is 0.394. The van der Waals surface area contributed by atoms with Crippen LogP contribution < -0.4 is 16.6 Å². The molecule has 0 fully saturated rings. The Bertz CT molecular complexity index is 91.3. The zero-order chi connectivity index (χ0) is 8.74. The summed E-state index contributed by atoms with van der Waals surface area (Å²) in [6.07, 6.45) is 2.50. The topological polar surface area (TPSA) is 50.1 Å². The SMILES string of the molecule is CCCC(C)(C)CNCNN. The maximum absolute atomic E-state index is 5.12. The van der Waals surface area contributed by atoms with Gasteiger partial charge < -0.3 is 5.32 Å².